The van der Waals surface area contributed by atoms with Gasteiger partial charge in [0.2, 0.25) is 16.0 Å². The van der Waals surface area contributed by atoms with Crippen molar-refractivity contribution in [2.45, 2.75) is 32.2 Å². The third-order valence-corrected chi connectivity index (χ3v) is 8.16. The molecule has 0 spiro atoms. The van der Waals surface area contributed by atoms with Crippen molar-refractivity contribution in [3.05, 3.63) is 51.9 Å². The summed E-state index contributed by atoms with van der Waals surface area (Å²) in [5, 5.41) is 4.54. The Hall–Kier alpha value is -2.20. The lowest BCUT2D eigenvalue weighted by Gasteiger charge is -2.31. The number of fused-ring (bicyclic) bond motifs is 1. The summed E-state index contributed by atoms with van der Waals surface area (Å²) in [6.45, 7) is 2.83. The third kappa shape index (κ3) is 5.32. The van der Waals surface area contributed by atoms with Crippen LogP contribution in [0.3, 0.4) is 0 Å². The molecule has 3 aromatic rings. The van der Waals surface area contributed by atoms with E-state index in [1.54, 1.807) is 29.7 Å². The minimum absolute atomic E-state index is 0. The molecule has 4 rings (SSSR count). The van der Waals surface area contributed by atoms with Gasteiger partial charge in [0.1, 0.15) is 5.65 Å². The van der Waals surface area contributed by atoms with Crippen LogP contribution in [-0.2, 0) is 17.1 Å². The standard InChI is InChI=1S/C22H26ClN5O3S.ClH/c1-3-12-32(30,31)28-10-8-16(9-11-28)25-22-24-14-15-13-18(17-6-4-5-7-19(17)23)21(29)27(2)20(15)26-22;/h4-7,13-14,16H,3,8-12H2,1-2H3,(H,24,25,26);1H. The Bertz CT molecular complexity index is 1310. The first-order valence-electron chi connectivity index (χ1n) is 10.7. The summed E-state index contributed by atoms with van der Waals surface area (Å²) in [6.07, 6.45) is 3.65. The lowest BCUT2D eigenvalue weighted by molar-refractivity contribution is 0.329. The Morgan fingerprint density at radius 2 is 1.88 bits per heavy atom. The minimum Gasteiger partial charge on any atom is -0.351 e. The van der Waals surface area contributed by atoms with Crippen molar-refractivity contribution in [2.75, 3.05) is 24.2 Å². The molecule has 33 heavy (non-hydrogen) atoms. The van der Waals surface area contributed by atoms with E-state index in [0.29, 0.717) is 60.1 Å². The average molecular weight is 512 g/mol. The van der Waals surface area contributed by atoms with Crippen LogP contribution in [0.2, 0.25) is 5.02 Å². The maximum absolute atomic E-state index is 13.0. The van der Waals surface area contributed by atoms with Crippen LogP contribution in [0, 0.1) is 0 Å². The van der Waals surface area contributed by atoms with Crippen LogP contribution in [0.4, 0.5) is 5.95 Å². The van der Waals surface area contributed by atoms with E-state index in [0.717, 1.165) is 5.39 Å². The molecule has 0 saturated carbocycles. The normalized spacial score (nSPS) is 15.4. The largest absolute Gasteiger partial charge is 0.351 e. The molecule has 2 aromatic heterocycles. The van der Waals surface area contributed by atoms with Gasteiger partial charge in [0.15, 0.2) is 0 Å². The van der Waals surface area contributed by atoms with Gasteiger partial charge >= 0.3 is 0 Å². The van der Waals surface area contributed by atoms with Crippen LogP contribution in [0.15, 0.2) is 41.3 Å². The second kappa shape index (κ2) is 10.4. The van der Waals surface area contributed by atoms with Gasteiger partial charge < -0.3 is 5.32 Å². The lowest BCUT2D eigenvalue weighted by Crippen LogP contribution is -2.43. The highest BCUT2D eigenvalue weighted by molar-refractivity contribution is 7.89. The fourth-order valence-corrected chi connectivity index (χ4v) is 5.82. The summed E-state index contributed by atoms with van der Waals surface area (Å²) in [6, 6.07) is 9.06. The van der Waals surface area contributed by atoms with E-state index in [1.807, 2.05) is 25.1 Å². The van der Waals surface area contributed by atoms with Crippen molar-refractivity contribution in [3.8, 4) is 11.1 Å². The quantitative estimate of drug-likeness (QED) is 0.541. The van der Waals surface area contributed by atoms with Gasteiger partial charge in [-0.1, -0.05) is 36.7 Å². The van der Waals surface area contributed by atoms with Gasteiger partial charge in [-0.15, -0.1) is 12.4 Å². The molecule has 1 fully saturated rings. The maximum atomic E-state index is 13.0. The molecule has 8 nitrogen and oxygen atoms in total. The molecular formula is C22H27Cl2N5O3S. The highest BCUT2D eigenvalue weighted by atomic mass is 35.5. The van der Waals surface area contributed by atoms with Crippen LogP contribution < -0.4 is 10.9 Å². The van der Waals surface area contributed by atoms with Gasteiger partial charge in [-0.2, -0.15) is 4.98 Å². The summed E-state index contributed by atoms with van der Waals surface area (Å²) in [4.78, 5) is 22.0. The summed E-state index contributed by atoms with van der Waals surface area (Å²) in [5.41, 5.74) is 1.50. The van der Waals surface area contributed by atoms with E-state index in [9.17, 15) is 13.2 Å². The molecule has 178 valence electrons. The minimum atomic E-state index is -3.17. The predicted molar refractivity (Wildman–Crippen MR) is 135 cm³/mol. The number of benzene rings is 1. The van der Waals surface area contributed by atoms with Crippen LogP contribution >= 0.6 is 24.0 Å². The summed E-state index contributed by atoms with van der Waals surface area (Å²) in [5.74, 6) is 0.608. The number of halogens is 2. The van der Waals surface area contributed by atoms with Crippen molar-refractivity contribution in [3.63, 3.8) is 0 Å². The first-order chi connectivity index (χ1) is 15.3. The molecule has 1 N–H and O–H groups in total. The number of sulfonamides is 1. The fraction of sp³-hybridized carbons (Fsp3) is 0.409. The van der Waals surface area contributed by atoms with Gasteiger partial charge in [0.05, 0.1) is 5.75 Å². The van der Waals surface area contributed by atoms with Crippen molar-refractivity contribution in [1.29, 1.82) is 0 Å². The maximum Gasteiger partial charge on any atom is 0.259 e. The molecule has 11 heteroatoms. The highest BCUT2D eigenvalue weighted by Crippen LogP contribution is 2.27. The van der Waals surface area contributed by atoms with Crippen LogP contribution in [0.1, 0.15) is 26.2 Å². The Balaban J connectivity index is 0.00000306. The molecule has 1 aliphatic heterocycles. The van der Waals surface area contributed by atoms with E-state index in [-0.39, 0.29) is 29.8 Å². The van der Waals surface area contributed by atoms with E-state index in [2.05, 4.69) is 15.3 Å². The molecule has 0 radical (unpaired) electrons. The predicted octanol–water partition coefficient (Wildman–Crippen LogP) is 3.69. The zero-order valence-corrected chi connectivity index (χ0v) is 20.9. The Morgan fingerprint density at radius 1 is 1.18 bits per heavy atom. The zero-order chi connectivity index (χ0) is 22.9. The first-order valence-corrected chi connectivity index (χ1v) is 12.6. The highest BCUT2D eigenvalue weighted by Gasteiger charge is 2.27. The van der Waals surface area contributed by atoms with Crippen LogP contribution in [0.25, 0.3) is 22.2 Å². The van der Waals surface area contributed by atoms with Crippen molar-refractivity contribution in [2.24, 2.45) is 7.05 Å². The SMILES string of the molecule is CCCS(=O)(=O)N1CCC(Nc2ncc3cc(-c4ccccc4Cl)c(=O)n(C)c3n2)CC1.Cl. The number of nitrogens with zero attached hydrogens (tertiary/aromatic N) is 4. The Labute approximate surface area is 204 Å². The number of rotatable bonds is 6. The molecule has 1 saturated heterocycles. The zero-order valence-electron chi connectivity index (χ0n) is 18.5. The summed E-state index contributed by atoms with van der Waals surface area (Å²) >= 11 is 6.29. The number of hydrogen-bond donors (Lipinski definition) is 1. The number of aromatic nitrogens is 3. The van der Waals surface area contributed by atoms with E-state index < -0.39 is 10.0 Å². The topological polar surface area (TPSA) is 97.2 Å². The molecule has 0 amide bonds. The van der Waals surface area contributed by atoms with Crippen molar-refractivity contribution >= 4 is 51.0 Å². The van der Waals surface area contributed by atoms with Gasteiger partial charge in [-0.3, -0.25) is 9.36 Å². The molecule has 0 atom stereocenters. The van der Waals surface area contributed by atoms with Crippen LogP contribution in [-0.4, -0.2) is 52.1 Å². The molecule has 1 aromatic carbocycles. The van der Waals surface area contributed by atoms with Gasteiger partial charge in [-0.05, 0) is 31.4 Å². The number of anilines is 1. The molecule has 0 aliphatic carbocycles. The summed E-state index contributed by atoms with van der Waals surface area (Å²) < 4.78 is 27.6. The second-order valence-corrected chi connectivity index (χ2v) is 10.5. The van der Waals surface area contributed by atoms with E-state index in [4.69, 9.17) is 11.6 Å². The number of pyridine rings is 1. The number of nitrogens with one attached hydrogen (secondary N) is 1. The molecule has 3 heterocycles. The summed E-state index contributed by atoms with van der Waals surface area (Å²) in [7, 11) is -1.49. The Morgan fingerprint density at radius 3 is 2.55 bits per heavy atom. The van der Waals surface area contributed by atoms with Gasteiger partial charge in [-0.25, -0.2) is 17.7 Å². The molecule has 1 aliphatic rings. The average Bonchev–Trinajstić information content (AvgIpc) is 2.77. The van der Waals surface area contributed by atoms with Crippen molar-refractivity contribution in [1.82, 2.24) is 18.8 Å². The van der Waals surface area contributed by atoms with Gasteiger partial charge in [0.25, 0.3) is 5.56 Å². The Kier molecular flexibility index (Phi) is 8.00. The number of hydrogen-bond acceptors (Lipinski definition) is 6. The molecular weight excluding hydrogens is 485 g/mol. The van der Waals surface area contributed by atoms with E-state index >= 15 is 0 Å². The van der Waals surface area contributed by atoms with Gasteiger partial charge in [0, 0.05) is 53.9 Å². The van der Waals surface area contributed by atoms with E-state index in [1.165, 1.54) is 4.57 Å². The molecule has 0 unspecified atom stereocenters. The fourth-order valence-electron chi connectivity index (χ4n) is 4.04. The van der Waals surface area contributed by atoms with Crippen molar-refractivity contribution < 1.29 is 8.42 Å². The number of piperidine rings is 1. The number of aryl methyl sites for hydroxylation is 1. The monoisotopic (exact) mass is 511 g/mol. The smallest absolute Gasteiger partial charge is 0.259 e. The first kappa shape index (κ1) is 25.4. The molecule has 0 bridgehead atoms. The lowest BCUT2D eigenvalue weighted by atomic mass is 10.1. The second-order valence-electron chi connectivity index (χ2n) is 8.01. The van der Waals surface area contributed by atoms with Crippen LogP contribution in [0.5, 0.6) is 0 Å². The third-order valence-electron chi connectivity index (χ3n) is 5.76.